The Labute approximate surface area is 442 Å². The van der Waals surface area contributed by atoms with E-state index in [-0.39, 0.29) is 6.42 Å². The maximum absolute atomic E-state index is 13.1. The van der Waals surface area contributed by atoms with Crippen molar-refractivity contribution < 1.29 is 50.0 Å². The van der Waals surface area contributed by atoms with Crippen LogP contribution in [0.2, 0.25) is 0 Å². The van der Waals surface area contributed by atoms with Crippen molar-refractivity contribution in [2.75, 3.05) is 13.2 Å². The summed E-state index contributed by atoms with van der Waals surface area (Å²) < 4.78 is 11.1. The Morgan fingerprint density at radius 1 is 0.472 bits per heavy atom. The summed E-state index contributed by atoms with van der Waals surface area (Å²) in [6, 6.07) is -1.16. The van der Waals surface area contributed by atoms with Gasteiger partial charge in [-0.3, -0.25) is 4.79 Å². The van der Waals surface area contributed by atoms with Gasteiger partial charge in [-0.25, -0.2) is 0 Å². The zero-order valence-corrected chi connectivity index (χ0v) is 46.9. The molecule has 0 aromatic rings. The van der Waals surface area contributed by atoms with Crippen molar-refractivity contribution in [2.45, 2.75) is 358 Å². The van der Waals surface area contributed by atoms with Gasteiger partial charge in [-0.1, -0.05) is 276 Å². The maximum Gasteiger partial charge on any atom is 0.249 e. The summed E-state index contributed by atoms with van der Waals surface area (Å²) in [7, 11) is 0. The fourth-order valence-electron chi connectivity index (χ4n) is 10.3. The monoisotopic (exact) mass is 1030 g/mol. The van der Waals surface area contributed by atoms with E-state index in [0.29, 0.717) is 19.3 Å². The predicted molar refractivity (Wildman–Crippen MR) is 298 cm³/mol. The van der Waals surface area contributed by atoms with Crippen molar-refractivity contribution in [3.63, 3.8) is 0 Å². The van der Waals surface area contributed by atoms with Gasteiger partial charge < -0.3 is 50.5 Å². The summed E-state index contributed by atoms with van der Waals surface area (Å²) >= 11 is 0. The van der Waals surface area contributed by atoms with Crippen LogP contribution in [0.3, 0.4) is 0 Å². The number of ether oxygens (including phenoxy) is 2. The second-order valence-electron chi connectivity index (χ2n) is 22.1. The Morgan fingerprint density at radius 3 is 1.17 bits per heavy atom. The zero-order valence-electron chi connectivity index (χ0n) is 46.9. The Bertz CT molecular complexity index is 1180. The van der Waals surface area contributed by atoms with Crippen molar-refractivity contribution in [1.29, 1.82) is 0 Å². The molecule has 0 aromatic carbocycles. The molecule has 1 aliphatic heterocycles. The Balaban J connectivity index is 2.03. The van der Waals surface area contributed by atoms with Crippen LogP contribution in [-0.2, 0) is 14.3 Å². The summed E-state index contributed by atoms with van der Waals surface area (Å²) in [5, 5.41) is 75.6. The molecule has 1 rings (SSSR count). The van der Waals surface area contributed by atoms with Crippen LogP contribution in [0.4, 0.5) is 0 Å². The van der Waals surface area contributed by atoms with Crippen molar-refractivity contribution in [2.24, 2.45) is 0 Å². The molecule has 428 valence electrons. The number of aliphatic hydroxyl groups is 7. The molecule has 1 heterocycles. The third-order valence-electron chi connectivity index (χ3n) is 15.3. The summed E-state index contributed by atoms with van der Waals surface area (Å²) in [5.74, 6) is -0.696. The van der Waals surface area contributed by atoms with Crippen LogP contribution in [0.5, 0.6) is 0 Å². The van der Waals surface area contributed by atoms with Crippen LogP contribution in [-0.4, -0.2) is 110 Å². The van der Waals surface area contributed by atoms with Gasteiger partial charge in [-0.15, -0.1) is 0 Å². The number of hydrogen-bond acceptors (Lipinski definition) is 10. The molecular weight excluding hydrogens is 907 g/mol. The highest BCUT2D eigenvalue weighted by Gasteiger charge is 2.44. The minimum atomic E-state index is -1.66. The SMILES string of the molecule is CCCCCCCCCCCCCCCCCCCC/C=C\CCCCCCCCCCCCCCCCCCC(O)C(=O)NC(COC1OC(CO)C(O)C(O)C1O)C(O)C(O)CCCCCCCCC. The molecule has 1 amide bonds. The Hall–Kier alpha value is -1.15. The second-order valence-corrected chi connectivity index (χ2v) is 22.1. The molecule has 0 aliphatic carbocycles. The molecule has 1 saturated heterocycles. The summed E-state index contributed by atoms with van der Waals surface area (Å²) in [6.07, 6.45) is 49.3. The lowest BCUT2D eigenvalue weighted by atomic mass is 9.98. The number of amides is 1. The van der Waals surface area contributed by atoms with Gasteiger partial charge in [0.25, 0.3) is 0 Å². The molecule has 0 spiro atoms. The maximum atomic E-state index is 13.1. The van der Waals surface area contributed by atoms with Gasteiger partial charge in [0.2, 0.25) is 5.91 Å². The highest BCUT2D eigenvalue weighted by atomic mass is 16.7. The lowest BCUT2D eigenvalue weighted by molar-refractivity contribution is -0.303. The van der Waals surface area contributed by atoms with E-state index in [4.69, 9.17) is 9.47 Å². The lowest BCUT2D eigenvalue weighted by Gasteiger charge is -2.40. The number of aliphatic hydroxyl groups excluding tert-OH is 7. The molecule has 1 aliphatic rings. The third-order valence-corrected chi connectivity index (χ3v) is 15.3. The first kappa shape index (κ1) is 68.9. The minimum absolute atomic E-state index is 0.264. The molecule has 72 heavy (non-hydrogen) atoms. The van der Waals surface area contributed by atoms with Gasteiger partial charge >= 0.3 is 0 Å². The van der Waals surface area contributed by atoms with E-state index in [1.54, 1.807) is 0 Å². The molecule has 11 nitrogen and oxygen atoms in total. The second kappa shape index (κ2) is 50.7. The predicted octanol–water partition coefficient (Wildman–Crippen LogP) is 13.5. The average Bonchev–Trinajstić information content (AvgIpc) is 3.38. The van der Waals surface area contributed by atoms with E-state index in [1.165, 1.54) is 218 Å². The topological polar surface area (TPSA) is 189 Å². The molecule has 8 N–H and O–H groups in total. The van der Waals surface area contributed by atoms with Crippen molar-refractivity contribution >= 4 is 5.91 Å². The highest BCUT2D eigenvalue weighted by Crippen LogP contribution is 2.24. The largest absolute Gasteiger partial charge is 0.394 e. The van der Waals surface area contributed by atoms with Crippen molar-refractivity contribution in [3.8, 4) is 0 Å². The van der Waals surface area contributed by atoms with Gasteiger partial charge in [0.05, 0.1) is 25.4 Å². The van der Waals surface area contributed by atoms with Gasteiger partial charge in [0.1, 0.15) is 36.6 Å². The summed E-state index contributed by atoms with van der Waals surface area (Å²) in [5.41, 5.74) is 0. The molecule has 0 aromatic heterocycles. The number of nitrogens with one attached hydrogen (secondary N) is 1. The number of carbonyl (C=O) groups is 1. The molecule has 0 bridgehead atoms. The molecule has 0 saturated carbocycles. The number of hydrogen-bond donors (Lipinski definition) is 8. The average molecular weight is 1030 g/mol. The van der Waals surface area contributed by atoms with Crippen LogP contribution in [0.15, 0.2) is 12.2 Å². The van der Waals surface area contributed by atoms with Crippen LogP contribution in [0.25, 0.3) is 0 Å². The summed E-state index contributed by atoms with van der Waals surface area (Å²) in [4.78, 5) is 13.1. The molecular formula is C61H119NO10. The normalized spacial score (nSPS) is 20.0. The fraction of sp³-hybridized carbons (Fsp3) is 0.951. The zero-order chi connectivity index (χ0) is 52.5. The molecule has 11 heteroatoms. The standard InChI is InChI=1S/C61H119NO10/c1-3-5-7-9-11-12-13-14-15-16-17-18-19-20-21-22-23-24-25-26-27-28-29-30-31-32-33-34-35-36-37-38-39-40-41-43-45-47-49-54(65)60(70)62-52(56(66)53(64)48-46-44-42-10-8-6-4-2)51-71-61-59(69)58(68)57(67)55(50-63)72-61/h26-27,52-59,61,63-69H,3-25,28-51H2,1-2H3,(H,62,70)/b27-26-. The Kier molecular flexibility index (Phi) is 48.4. The molecule has 1 fully saturated rings. The summed E-state index contributed by atoms with van der Waals surface area (Å²) in [6.45, 7) is 3.41. The van der Waals surface area contributed by atoms with Crippen LogP contribution < -0.4 is 5.32 Å². The van der Waals surface area contributed by atoms with E-state index in [1.807, 2.05) is 0 Å². The van der Waals surface area contributed by atoms with E-state index in [0.717, 1.165) is 44.9 Å². The molecule has 0 radical (unpaired) electrons. The van der Waals surface area contributed by atoms with Gasteiger partial charge in [-0.05, 0) is 38.5 Å². The van der Waals surface area contributed by atoms with Gasteiger partial charge in [-0.2, -0.15) is 0 Å². The first-order chi connectivity index (χ1) is 35.2. The van der Waals surface area contributed by atoms with E-state index in [9.17, 15) is 40.5 Å². The third kappa shape index (κ3) is 38.4. The number of carbonyl (C=O) groups excluding carboxylic acids is 1. The van der Waals surface area contributed by atoms with E-state index in [2.05, 4.69) is 31.3 Å². The van der Waals surface area contributed by atoms with Crippen LogP contribution in [0.1, 0.15) is 303 Å². The number of unbranched alkanes of at least 4 members (excludes halogenated alkanes) is 40. The minimum Gasteiger partial charge on any atom is -0.394 e. The first-order valence-corrected chi connectivity index (χ1v) is 31.1. The van der Waals surface area contributed by atoms with Crippen molar-refractivity contribution in [3.05, 3.63) is 12.2 Å². The van der Waals surface area contributed by atoms with Crippen LogP contribution in [0, 0.1) is 0 Å². The highest BCUT2D eigenvalue weighted by molar-refractivity contribution is 5.80. The number of allylic oxidation sites excluding steroid dienone is 2. The quantitative estimate of drug-likeness (QED) is 0.0215. The Morgan fingerprint density at radius 2 is 0.806 bits per heavy atom. The molecule has 9 atom stereocenters. The number of rotatable bonds is 54. The van der Waals surface area contributed by atoms with E-state index >= 15 is 0 Å². The lowest BCUT2D eigenvalue weighted by Crippen LogP contribution is -2.60. The van der Waals surface area contributed by atoms with Crippen molar-refractivity contribution in [1.82, 2.24) is 5.32 Å². The van der Waals surface area contributed by atoms with Gasteiger partial charge in [0.15, 0.2) is 6.29 Å². The first-order valence-electron chi connectivity index (χ1n) is 31.1. The smallest absolute Gasteiger partial charge is 0.249 e. The van der Waals surface area contributed by atoms with Crippen LogP contribution >= 0.6 is 0 Å². The fourth-order valence-corrected chi connectivity index (χ4v) is 10.3. The molecule has 9 unspecified atom stereocenters. The van der Waals surface area contributed by atoms with E-state index < -0.39 is 74.2 Å². The van der Waals surface area contributed by atoms with Gasteiger partial charge in [0, 0.05) is 0 Å².